The van der Waals surface area contributed by atoms with E-state index in [4.69, 9.17) is 0 Å². The molecule has 0 atom stereocenters. The average molecular weight is 495 g/mol. The van der Waals surface area contributed by atoms with E-state index < -0.39 is 0 Å². The van der Waals surface area contributed by atoms with Crippen LogP contribution in [0.1, 0.15) is 65.0 Å². The van der Waals surface area contributed by atoms with Crippen LogP contribution in [0.4, 0.5) is 11.4 Å². The first-order chi connectivity index (χ1) is 17.1. The van der Waals surface area contributed by atoms with Crippen LogP contribution in [-0.2, 0) is 4.79 Å². The Labute approximate surface area is 211 Å². The Kier molecular flexibility index (Phi) is 7.37. The fourth-order valence-electron chi connectivity index (χ4n) is 5.53. The number of likely N-dealkylation sites (tertiary alicyclic amines) is 1. The van der Waals surface area contributed by atoms with Gasteiger partial charge in [-0.3, -0.25) is 14.4 Å². The van der Waals surface area contributed by atoms with E-state index in [1.807, 2.05) is 39.4 Å². The summed E-state index contributed by atoms with van der Waals surface area (Å²) < 4.78 is 0. The van der Waals surface area contributed by atoms with E-state index in [2.05, 4.69) is 10.2 Å². The normalized spacial score (nSPS) is 19.1. The number of amides is 3. The number of nitrogens with zero attached hydrogens (tertiary/aromatic N) is 3. The molecule has 186 valence electrons. The highest BCUT2D eigenvalue weighted by atomic mass is 32.1. The van der Waals surface area contributed by atoms with E-state index in [-0.39, 0.29) is 17.7 Å². The van der Waals surface area contributed by atoms with Crippen molar-refractivity contribution < 1.29 is 14.4 Å². The summed E-state index contributed by atoms with van der Waals surface area (Å²) in [4.78, 5) is 45.9. The number of hydrogen-bond donors (Lipinski definition) is 1. The molecule has 0 bridgehead atoms. The summed E-state index contributed by atoms with van der Waals surface area (Å²) >= 11 is 1.39. The van der Waals surface area contributed by atoms with Crippen molar-refractivity contribution >= 4 is 40.4 Å². The fraction of sp³-hybridized carbons (Fsp3) is 0.519. The molecule has 35 heavy (non-hydrogen) atoms. The number of thiophene rings is 1. The quantitative estimate of drug-likeness (QED) is 0.666. The largest absolute Gasteiger partial charge is 0.367 e. The van der Waals surface area contributed by atoms with Gasteiger partial charge in [0, 0.05) is 56.6 Å². The molecular weight excluding hydrogens is 460 g/mol. The molecule has 2 saturated heterocycles. The van der Waals surface area contributed by atoms with E-state index in [0.717, 1.165) is 63.7 Å². The SMILES string of the molecule is O=C(Nc1ccc(N2CCN(C(=O)C3CCCC3)CC2)c(C(=O)N2CCCCC2)c1)c1cccs1. The van der Waals surface area contributed by atoms with Gasteiger partial charge in [-0.2, -0.15) is 0 Å². The number of piperazine rings is 1. The molecule has 2 aliphatic heterocycles. The number of benzene rings is 1. The van der Waals surface area contributed by atoms with Crippen LogP contribution >= 0.6 is 11.3 Å². The summed E-state index contributed by atoms with van der Waals surface area (Å²) in [5.41, 5.74) is 2.15. The summed E-state index contributed by atoms with van der Waals surface area (Å²) in [5.74, 6) is 0.363. The molecule has 0 spiro atoms. The molecule has 1 aromatic heterocycles. The van der Waals surface area contributed by atoms with Gasteiger partial charge in [0.1, 0.15) is 0 Å². The van der Waals surface area contributed by atoms with Crippen LogP contribution in [0, 0.1) is 5.92 Å². The maximum atomic E-state index is 13.6. The van der Waals surface area contributed by atoms with Crippen LogP contribution in [0.3, 0.4) is 0 Å². The van der Waals surface area contributed by atoms with E-state index in [0.29, 0.717) is 48.2 Å². The molecule has 1 aromatic carbocycles. The van der Waals surface area contributed by atoms with Crippen LogP contribution in [-0.4, -0.2) is 66.8 Å². The fourth-order valence-corrected chi connectivity index (χ4v) is 6.15. The minimum atomic E-state index is -0.164. The second-order valence-electron chi connectivity index (χ2n) is 9.81. The maximum absolute atomic E-state index is 13.6. The summed E-state index contributed by atoms with van der Waals surface area (Å²) in [5, 5.41) is 4.83. The average Bonchev–Trinajstić information content (AvgIpc) is 3.64. The summed E-state index contributed by atoms with van der Waals surface area (Å²) in [6.07, 6.45) is 7.57. The lowest BCUT2D eigenvalue weighted by atomic mass is 10.0. The Morgan fingerprint density at radius 2 is 1.57 bits per heavy atom. The standard InChI is InChI=1S/C27H34N4O3S/c32-25(24-9-6-18-35-24)28-21-10-11-23(22(19-21)27(34)30-12-4-1-5-13-30)29-14-16-31(17-15-29)26(33)20-7-2-3-8-20/h6,9-11,18-20H,1-5,7-8,12-17H2,(H,28,32). The zero-order valence-corrected chi connectivity index (χ0v) is 21.0. The lowest BCUT2D eigenvalue weighted by molar-refractivity contribution is -0.135. The van der Waals surface area contributed by atoms with Gasteiger partial charge in [-0.05, 0) is 61.7 Å². The van der Waals surface area contributed by atoms with Crippen molar-refractivity contribution in [1.29, 1.82) is 0 Å². The molecule has 3 aliphatic rings. The molecule has 1 aliphatic carbocycles. The summed E-state index contributed by atoms with van der Waals surface area (Å²) in [7, 11) is 0. The number of nitrogens with one attached hydrogen (secondary N) is 1. The van der Waals surface area contributed by atoms with Gasteiger partial charge in [-0.15, -0.1) is 11.3 Å². The third-order valence-corrected chi connectivity index (χ3v) is 8.38. The Morgan fingerprint density at radius 1 is 0.829 bits per heavy atom. The number of hydrogen-bond acceptors (Lipinski definition) is 5. The Balaban J connectivity index is 1.34. The molecule has 1 saturated carbocycles. The van der Waals surface area contributed by atoms with Crippen LogP contribution < -0.4 is 10.2 Å². The molecule has 0 unspecified atom stereocenters. The third kappa shape index (κ3) is 5.37. The number of rotatable bonds is 5. The van der Waals surface area contributed by atoms with Gasteiger partial charge in [0.2, 0.25) is 5.91 Å². The zero-order valence-electron chi connectivity index (χ0n) is 20.2. The number of carbonyl (C=O) groups is 3. The van der Waals surface area contributed by atoms with Crippen molar-refractivity contribution in [2.75, 3.05) is 49.5 Å². The topological polar surface area (TPSA) is 73.0 Å². The second kappa shape index (κ2) is 10.8. The van der Waals surface area contributed by atoms with Crippen LogP contribution in [0.15, 0.2) is 35.7 Å². The number of anilines is 2. The van der Waals surface area contributed by atoms with Crippen molar-refractivity contribution in [3.05, 3.63) is 46.2 Å². The second-order valence-corrected chi connectivity index (χ2v) is 10.8. The molecule has 5 rings (SSSR count). The smallest absolute Gasteiger partial charge is 0.265 e. The third-order valence-electron chi connectivity index (χ3n) is 7.51. The van der Waals surface area contributed by atoms with Gasteiger partial charge in [-0.1, -0.05) is 18.9 Å². The Morgan fingerprint density at radius 3 is 2.26 bits per heavy atom. The van der Waals surface area contributed by atoms with Crippen molar-refractivity contribution in [3.63, 3.8) is 0 Å². The van der Waals surface area contributed by atoms with Crippen molar-refractivity contribution in [2.24, 2.45) is 5.92 Å². The lowest BCUT2D eigenvalue weighted by Crippen LogP contribution is -2.50. The molecule has 0 radical (unpaired) electrons. The highest BCUT2D eigenvalue weighted by Gasteiger charge is 2.31. The number of carbonyl (C=O) groups excluding carboxylic acids is 3. The van der Waals surface area contributed by atoms with Crippen LogP contribution in [0.2, 0.25) is 0 Å². The van der Waals surface area contributed by atoms with Gasteiger partial charge in [0.15, 0.2) is 0 Å². The van der Waals surface area contributed by atoms with Crippen molar-refractivity contribution in [1.82, 2.24) is 9.80 Å². The maximum Gasteiger partial charge on any atom is 0.265 e. The van der Waals surface area contributed by atoms with Crippen LogP contribution in [0.25, 0.3) is 0 Å². The van der Waals surface area contributed by atoms with E-state index >= 15 is 0 Å². The van der Waals surface area contributed by atoms with Crippen molar-refractivity contribution in [2.45, 2.75) is 44.9 Å². The molecule has 8 heteroatoms. The van der Waals surface area contributed by atoms with E-state index in [1.165, 1.54) is 11.3 Å². The van der Waals surface area contributed by atoms with Gasteiger partial charge < -0.3 is 20.0 Å². The monoisotopic (exact) mass is 494 g/mol. The molecule has 7 nitrogen and oxygen atoms in total. The highest BCUT2D eigenvalue weighted by molar-refractivity contribution is 7.12. The van der Waals surface area contributed by atoms with Gasteiger partial charge in [0.05, 0.1) is 10.4 Å². The highest BCUT2D eigenvalue weighted by Crippen LogP contribution is 2.30. The van der Waals surface area contributed by atoms with E-state index in [1.54, 1.807) is 6.07 Å². The minimum absolute atomic E-state index is 0.0244. The van der Waals surface area contributed by atoms with Gasteiger partial charge in [-0.25, -0.2) is 0 Å². The first-order valence-corrected chi connectivity index (χ1v) is 13.8. The predicted molar refractivity (Wildman–Crippen MR) is 139 cm³/mol. The molecular formula is C27H34N4O3S. The van der Waals surface area contributed by atoms with Gasteiger partial charge >= 0.3 is 0 Å². The minimum Gasteiger partial charge on any atom is -0.367 e. The zero-order chi connectivity index (χ0) is 24.2. The lowest BCUT2D eigenvalue weighted by Gasteiger charge is -2.38. The molecule has 1 N–H and O–H groups in total. The van der Waals surface area contributed by atoms with Gasteiger partial charge in [0.25, 0.3) is 11.8 Å². The first-order valence-electron chi connectivity index (χ1n) is 12.9. The van der Waals surface area contributed by atoms with Crippen molar-refractivity contribution in [3.8, 4) is 0 Å². The Bertz CT molecular complexity index is 1050. The van der Waals surface area contributed by atoms with Crippen LogP contribution in [0.5, 0.6) is 0 Å². The molecule has 2 aromatic rings. The summed E-state index contributed by atoms with van der Waals surface area (Å²) in [6.45, 7) is 4.33. The Hall–Kier alpha value is -2.87. The van der Waals surface area contributed by atoms with E-state index in [9.17, 15) is 14.4 Å². The molecule has 3 fully saturated rings. The predicted octanol–water partition coefficient (Wildman–Crippen LogP) is 4.47. The molecule has 3 amide bonds. The number of piperidine rings is 1. The summed E-state index contributed by atoms with van der Waals surface area (Å²) in [6, 6.07) is 9.30. The molecule has 3 heterocycles. The first kappa shape index (κ1) is 23.9.